The number of nitrogens with zero attached hydrogens (tertiary/aromatic N) is 4. The Hall–Kier alpha value is -3.34. The van der Waals surface area contributed by atoms with Gasteiger partial charge in [-0.25, -0.2) is 14.8 Å². The first kappa shape index (κ1) is 28.2. The monoisotopic (exact) mass is 533 g/mol. The van der Waals surface area contributed by atoms with Crippen molar-refractivity contribution in [2.24, 2.45) is 0 Å². The molecule has 1 aliphatic heterocycles. The van der Waals surface area contributed by atoms with Crippen molar-refractivity contribution >= 4 is 25.5 Å². The topological polar surface area (TPSA) is 162 Å². The molecule has 1 fully saturated rings. The number of amides is 3. The number of benzene rings is 1. The third-order valence-electron chi connectivity index (χ3n) is 5.72. The Morgan fingerprint density at radius 2 is 1.73 bits per heavy atom. The zero-order chi connectivity index (χ0) is 27.0. The minimum Gasteiger partial charge on any atom is -0.449 e. The van der Waals surface area contributed by atoms with E-state index in [1.54, 1.807) is 31.2 Å². The van der Waals surface area contributed by atoms with Gasteiger partial charge >= 0.3 is 13.7 Å². The molecule has 3 amide bonds. The molecule has 2 heterocycles. The molecule has 12 nitrogen and oxygen atoms in total. The highest BCUT2D eigenvalue weighted by atomic mass is 31.2. The average Bonchev–Trinajstić information content (AvgIpc) is 2.87. The largest absolute Gasteiger partial charge is 0.449 e. The zero-order valence-electron chi connectivity index (χ0n) is 20.9. The Morgan fingerprint density at radius 1 is 1.08 bits per heavy atom. The number of hydrogen-bond donors (Lipinski definition) is 3. The Labute approximate surface area is 215 Å². The van der Waals surface area contributed by atoms with E-state index >= 15 is 0 Å². The molecule has 1 unspecified atom stereocenters. The van der Waals surface area contributed by atoms with Crippen LogP contribution in [0.2, 0.25) is 0 Å². The Balaban J connectivity index is 1.70. The maximum atomic E-state index is 13.2. The fourth-order valence-electron chi connectivity index (χ4n) is 3.78. The molecule has 1 aromatic carbocycles. The molecule has 200 valence electrons. The maximum absolute atomic E-state index is 13.2. The number of carbonyl (C=O) groups is 3. The Morgan fingerprint density at radius 3 is 2.35 bits per heavy atom. The average molecular weight is 534 g/mol. The molecule has 1 atom stereocenters. The molecule has 0 radical (unpaired) electrons. The molecule has 2 aromatic rings. The number of nitrogens with one attached hydrogen (secondary N) is 1. The molecule has 13 heteroatoms. The van der Waals surface area contributed by atoms with Crippen LogP contribution in [0.15, 0.2) is 36.4 Å². The summed E-state index contributed by atoms with van der Waals surface area (Å²) in [6.07, 6.45) is 0.317. The van der Waals surface area contributed by atoms with E-state index in [1.807, 2.05) is 13.0 Å². The number of unbranched alkanes of at least 4 members (excludes halogenated alkanes) is 1. The van der Waals surface area contributed by atoms with Gasteiger partial charge in [-0.15, -0.1) is 0 Å². The Bertz CT molecular complexity index is 1150. The van der Waals surface area contributed by atoms with Crippen molar-refractivity contribution in [3.63, 3.8) is 0 Å². The van der Waals surface area contributed by atoms with Crippen molar-refractivity contribution in [3.8, 4) is 11.4 Å². The predicted octanol–water partition coefficient (Wildman–Crippen LogP) is 1.81. The molecular weight excluding hydrogens is 501 g/mol. The molecule has 1 saturated heterocycles. The molecule has 0 saturated carbocycles. The summed E-state index contributed by atoms with van der Waals surface area (Å²) < 4.78 is 17.0. The van der Waals surface area contributed by atoms with E-state index in [0.29, 0.717) is 23.7 Å². The smallest absolute Gasteiger partial charge is 0.409 e. The predicted molar refractivity (Wildman–Crippen MR) is 135 cm³/mol. The molecular formula is C24H32N5O7P. The third kappa shape index (κ3) is 8.34. The molecule has 1 aromatic heterocycles. The zero-order valence-corrected chi connectivity index (χ0v) is 21.8. The van der Waals surface area contributed by atoms with Crippen molar-refractivity contribution in [1.82, 2.24) is 25.1 Å². The highest BCUT2D eigenvalue weighted by molar-refractivity contribution is 7.51. The second-order valence-electron chi connectivity index (χ2n) is 8.74. The van der Waals surface area contributed by atoms with Crippen LogP contribution in [-0.2, 0) is 14.1 Å². The summed E-state index contributed by atoms with van der Waals surface area (Å²) in [5.74, 6) is -1.09. The maximum Gasteiger partial charge on any atom is 0.409 e. The summed E-state index contributed by atoms with van der Waals surface area (Å²) in [6.45, 7) is 4.69. The molecule has 3 N–H and O–H groups in total. The van der Waals surface area contributed by atoms with Gasteiger partial charge < -0.3 is 29.6 Å². The van der Waals surface area contributed by atoms with Crippen LogP contribution in [0.1, 0.15) is 35.9 Å². The van der Waals surface area contributed by atoms with Crippen LogP contribution in [0, 0.1) is 6.92 Å². The minimum absolute atomic E-state index is 0.0329. The van der Waals surface area contributed by atoms with E-state index in [9.17, 15) is 28.7 Å². The lowest BCUT2D eigenvalue weighted by atomic mass is 10.2. The first-order chi connectivity index (χ1) is 17.6. The molecule has 3 rings (SSSR count). The van der Waals surface area contributed by atoms with Crippen LogP contribution < -0.4 is 5.32 Å². The van der Waals surface area contributed by atoms with Gasteiger partial charge in [-0.3, -0.25) is 14.2 Å². The molecule has 37 heavy (non-hydrogen) atoms. The van der Waals surface area contributed by atoms with Gasteiger partial charge in [0.1, 0.15) is 11.7 Å². The van der Waals surface area contributed by atoms with Crippen LogP contribution in [0.5, 0.6) is 0 Å². The van der Waals surface area contributed by atoms with Gasteiger partial charge in [-0.05, 0) is 19.4 Å². The van der Waals surface area contributed by atoms with E-state index < -0.39 is 37.7 Å². The normalized spacial score (nSPS) is 14.7. The van der Waals surface area contributed by atoms with E-state index in [1.165, 1.54) is 15.9 Å². The molecule has 0 aliphatic carbocycles. The summed E-state index contributed by atoms with van der Waals surface area (Å²) >= 11 is 0. The van der Waals surface area contributed by atoms with Gasteiger partial charge in [0.05, 0.1) is 12.8 Å². The SMILES string of the molecule is CCCCOC(=O)N1CCN(C(=O)C(CP(=O)(O)O)NC(=O)c2cc(C)nc(-c3ccccc3)n2)CC1. The molecule has 0 spiro atoms. The highest BCUT2D eigenvalue weighted by Crippen LogP contribution is 2.35. The lowest BCUT2D eigenvalue weighted by Crippen LogP contribution is -2.56. The van der Waals surface area contributed by atoms with E-state index in [-0.39, 0.29) is 31.9 Å². The van der Waals surface area contributed by atoms with Crippen molar-refractivity contribution in [2.75, 3.05) is 38.9 Å². The molecule has 0 bridgehead atoms. The van der Waals surface area contributed by atoms with E-state index in [2.05, 4.69) is 15.3 Å². The van der Waals surface area contributed by atoms with Crippen LogP contribution in [-0.4, -0.2) is 92.5 Å². The van der Waals surface area contributed by atoms with Crippen molar-refractivity contribution < 1.29 is 33.5 Å². The summed E-state index contributed by atoms with van der Waals surface area (Å²) in [4.78, 5) is 69.0. The highest BCUT2D eigenvalue weighted by Gasteiger charge is 2.35. The summed E-state index contributed by atoms with van der Waals surface area (Å²) in [7, 11) is -4.66. The van der Waals surface area contributed by atoms with Gasteiger partial charge in [-0.2, -0.15) is 0 Å². The third-order valence-corrected chi connectivity index (χ3v) is 6.56. The van der Waals surface area contributed by atoms with Gasteiger partial charge in [-0.1, -0.05) is 43.7 Å². The van der Waals surface area contributed by atoms with Crippen LogP contribution in [0.4, 0.5) is 4.79 Å². The van der Waals surface area contributed by atoms with Gasteiger partial charge in [0.2, 0.25) is 5.91 Å². The number of piperazine rings is 1. The lowest BCUT2D eigenvalue weighted by molar-refractivity contribution is -0.134. The van der Waals surface area contributed by atoms with E-state index in [0.717, 1.165) is 12.8 Å². The van der Waals surface area contributed by atoms with Crippen LogP contribution in [0.25, 0.3) is 11.4 Å². The quantitative estimate of drug-likeness (QED) is 0.322. The number of rotatable bonds is 9. The summed E-state index contributed by atoms with van der Waals surface area (Å²) in [5, 5.41) is 2.44. The minimum atomic E-state index is -4.66. The lowest BCUT2D eigenvalue weighted by Gasteiger charge is -2.36. The second-order valence-corrected chi connectivity index (χ2v) is 10.4. The number of aromatic nitrogens is 2. The van der Waals surface area contributed by atoms with Crippen molar-refractivity contribution in [3.05, 3.63) is 47.8 Å². The first-order valence-electron chi connectivity index (χ1n) is 12.0. The summed E-state index contributed by atoms with van der Waals surface area (Å²) in [6, 6.07) is 8.97. The Kier molecular flexibility index (Phi) is 9.73. The van der Waals surface area contributed by atoms with Gasteiger partial charge in [0.15, 0.2) is 5.82 Å². The van der Waals surface area contributed by atoms with Crippen molar-refractivity contribution in [2.45, 2.75) is 32.7 Å². The fraction of sp³-hybridized carbons (Fsp3) is 0.458. The standard InChI is InChI=1S/C24H32N5O7P/c1-3-4-14-36-24(32)29-12-10-28(11-13-29)23(31)20(16-37(33,34)35)27-22(30)19-15-17(2)25-21(26-19)18-8-6-5-7-9-18/h5-9,15,20H,3-4,10-14,16H2,1-2H3,(H,27,30)(H2,33,34,35). The molecule has 1 aliphatic rings. The van der Waals surface area contributed by atoms with E-state index in [4.69, 9.17) is 4.74 Å². The summed E-state index contributed by atoms with van der Waals surface area (Å²) in [5.41, 5.74) is 1.17. The second kappa shape index (κ2) is 12.8. The fourth-order valence-corrected chi connectivity index (χ4v) is 4.50. The van der Waals surface area contributed by atoms with Gasteiger partial charge in [0.25, 0.3) is 5.91 Å². The first-order valence-corrected chi connectivity index (χ1v) is 13.8. The number of ether oxygens (including phenoxy) is 1. The number of carbonyl (C=O) groups excluding carboxylic acids is 3. The van der Waals surface area contributed by atoms with Gasteiger partial charge in [0, 0.05) is 37.4 Å². The van der Waals surface area contributed by atoms with Crippen LogP contribution in [0.3, 0.4) is 0 Å². The van der Waals surface area contributed by atoms with Crippen molar-refractivity contribution in [1.29, 1.82) is 0 Å². The number of hydrogen-bond acceptors (Lipinski definition) is 7. The number of aryl methyl sites for hydroxylation is 1. The van der Waals surface area contributed by atoms with Crippen LogP contribution >= 0.6 is 7.60 Å².